The van der Waals surface area contributed by atoms with Gasteiger partial charge in [-0.25, -0.2) is 0 Å². The van der Waals surface area contributed by atoms with Crippen LogP contribution in [0.25, 0.3) is 0 Å². The van der Waals surface area contributed by atoms with Crippen LogP contribution in [-0.2, 0) is 0 Å². The number of aromatic hydroxyl groups is 1. The molecule has 3 N–H and O–H groups in total. The Balaban J connectivity index is 0.00000225. The topological polar surface area (TPSA) is 46.2 Å². The summed E-state index contributed by atoms with van der Waals surface area (Å²) in [7, 11) is 0. The second-order valence-corrected chi connectivity index (χ2v) is 3.57. The van der Waals surface area contributed by atoms with Gasteiger partial charge in [0.2, 0.25) is 0 Å². The van der Waals surface area contributed by atoms with Crippen LogP contribution in [0, 0.1) is 0 Å². The van der Waals surface area contributed by atoms with Crippen molar-refractivity contribution in [1.29, 1.82) is 0 Å². The Morgan fingerprint density at radius 2 is 1.94 bits per heavy atom. The van der Waals surface area contributed by atoms with Crippen LogP contribution in [0.15, 0.2) is 18.2 Å². The van der Waals surface area contributed by atoms with Crippen molar-refractivity contribution in [3.05, 3.63) is 28.8 Å². The van der Waals surface area contributed by atoms with E-state index in [-0.39, 0.29) is 28.7 Å². The van der Waals surface area contributed by atoms with Gasteiger partial charge in [0.25, 0.3) is 0 Å². The van der Waals surface area contributed by atoms with E-state index in [2.05, 4.69) is 0 Å². The SMILES string of the molecule is Cl.N[C@@H](CC(F)(F)F)c1cc(Cl)ccc1O. The van der Waals surface area contributed by atoms with E-state index in [1.807, 2.05) is 0 Å². The van der Waals surface area contributed by atoms with Gasteiger partial charge in [-0.3, -0.25) is 0 Å². The maximum absolute atomic E-state index is 12.0. The normalized spacial score (nSPS) is 13.1. The number of halogens is 5. The number of phenols is 1. The van der Waals surface area contributed by atoms with E-state index in [0.717, 1.165) is 0 Å². The molecule has 0 aliphatic carbocycles. The first kappa shape index (κ1) is 15.3. The minimum atomic E-state index is -4.37. The summed E-state index contributed by atoms with van der Waals surface area (Å²) < 4.78 is 36.1. The van der Waals surface area contributed by atoms with Crippen LogP contribution in [0.4, 0.5) is 13.2 Å². The molecule has 0 radical (unpaired) electrons. The second kappa shape index (κ2) is 5.61. The van der Waals surface area contributed by atoms with Gasteiger partial charge < -0.3 is 10.8 Å². The van der Waals surface area contributed by atoms with Crippen LogP contribution >= 0.6 is 24.0 Å². The summed E-state index contributed by atoms with van der Waals surface area (Å²) in [6.45, 7) is 0. The molecule has 0 aliphatic heterocycles. The van der Waals surface area contributed by atoms with Crippen molar-refractivity contribution < 1.29 is 18.3 Å². The third-order valence-electron chi connectivity index (χ3n) is 1.84. The standard InChI is InChI=1S/C9H9ClF3NO.ClH/c10-5-1-2-8(15)6(3-5)7(14)4-9(11,12)13;/h1-3,7,15H,4,14H2;1H/t7-;/m0./s1. The van der Waals surface area contributed by atoms with Gasteiger partial charge in [-0.1, -0.05) is 11.6 Å². The van der Waals surface area contributed by atoms with Gasteiger partial charge in [0.05, 0.1) is 6.42 Å². The smallest absolute Gasteiger partial charge is 0.390 e. The lowest BCUT2D eigenvalue weighted by atomic mass is 10.0. The fourth-order valence-electron chi connectivity index (χ4n) is 1.18. The molecule has 7 heteroatoms. The van der Waals surface area contributed by atoms with E-state index in [1.54, 1.807) is 0 Å². The number of rotatable bonds is 2. The summed E-state index contributed by atoms with van der Waals surface area (Å²) in [5.41, 5.74) is 5.31. The molecule has 0 bridgehead atoms. The first-order valence-corrected chi connectivity index (χ1v) is 4.48. The van der Waals surface area contributed by atoms with Crippen LogP contribution in [0.2, 0.25) is 5.02 Å². The average Bonchev–Trinajstić information content (AvgIpc) is 2.06. The highest BCUT2D eigenvalue weighted by atomic mass is 35.5. The number of alkyl halides is 3. The lowest BCUT2D eigenvalue weighted by molar-refractivity contribution is -0.138. The average molecular weight is 276 g/mol. The summed E-state index contributed by atoms with van der Waals surface area (Å²) >= 11 is 5.58. The number of nitrogens with two attached hydrogens (primary N) is 1. The zero-order valence-electron chi connectivity index (χ0n) is 7.96. The summed E-state index contributed by atoms with van der Waals surface area (Å²) in [6.07, 6.45) is -5.56. The first-order valence-electron chi connectivity index (χ1n) is 4.10. The van der Waals surface area contributed by atoms with E-state index < -0.39 is 18.6 Å². The molecule has 0 amide bonds. The van der Waals surface area contributed by atoms with E-state index >= 15 is 0 Å². The molecule has 0 unspecified atom stereocenters. The highest BCUT2D eigenvalue weighted by Gasteiger charge is 2.31. The predicted octanol–water partition coefficient (Wildman–Crippen LogP) is 3.42. The molecular formula is C9H10Cl2F3NO. The molecule has 92 valence electrons. The molecule has 0 aromatic heterocycles. The van der Waals surface area contributed by atoms with Crippen LogP contribution < -0.4 is 5.73 Å². The van der Waals surface area contributed by atoms with Gasteiger partial charge in [-0.05, 0) is 18.2 Å². The largest absolute Gasteiger partial charge is 0.508 e. The van der Waals surface area contributed by atoms with Gasteiger partial charge in [0.15, 0.2) is 0 Å². The lowest BCUT2D eigenvalue weighted by Crippen LogP contribution is -2.20. The van der Waals surface area contributed by atoms with Crippen LogP contribution in [-0.4, -0.2) is 11.3 Å². The third kappa shape index (κ3) is 4.47. The van der Waals surface area contributed by atoms with Gasteiger partial charge in [0.1, 0.15) is 5.75 Å². The zero-order chi connectivity index (χ0) is 11.6. The van der Waals surface area contributed by atoms with Crippen molar-refractivity contribution >= 4 is 24.0 Å². The number of benzene rings is 1. The zero-order valence-corrected chi connectivity index (χ0v) is 9.53. The highest BCUT2D eigenvalue weighted by molar-refractivity contribution is 6.30. The Morgan fingerprint density at radius 1 is 1.38 bits per heavy atom. The molecule has 1 atom stereocenters. The van der Waals surface area contributed by atoms with Crippen molar-refractivity contribution in [2.45, 2.75) is 18.6 Å². The quantitative estimate of drug-likeness (QED) is 0.869. The number of hydrogen-bond donors (Lipinski definition) is 2. The van der Waals surface area contributed by atoms with Crippen molar-refractivity contribution in [3.63, 3.8) is 0 Å². The Morgan fingerprint density at radius 3 is 2.44 bits per heavy atom. The van der Waals surface area contributed by atoms with Gasteiger partial charge in [-0.2, -0.15) is 13.2 Å². The maximum Gasteiger partial charge on any atom is 0.390 e. The van der Waals surface area contributed by atoms with Crippen molar-refractivity contribution in [3.8, 4) is 5.75 Å². The molecule has 0 aliphatic rings. The van der Waals surface area contributed by atoms with Crippen molar-refractivity contribution in [2.75, 3.05) is 0 Å². The Labute approximate surface area is 102 Å². The lowest BCUT2D eigenvalue weighted by Gasteiger charge is -2.15. The molecule has 1 aromatic rings. The van der Waals surface area contributed by atoms with Crippen LogP contribution in [0.3, 0.4) is 0 Å². The van der Waals surface area contributed by atoms with Crippen molar-refractivity contribution in [2.24, 2.45) is 5.73 Å². The van der Waals surface area contributed by atoms with Gasteiger partial charge >= 0.3 is 6.18 Å². The molecule has 1 rings (SSSR count). The third-order valence-corrected chi connectivity index (χ3v) is 2.08. The van der Waals surface area contributed by atoms with Crippen LogP contribution in [0.5, 0.6) is 5.75 Å². The van der Waals surface area contributed by atoms with Gasteiger partial charge in [0, 0.05) is 16.6 Å². The number of phenolic OH excluding ortho intramolecular Hbond substituents is 1. The summed E-state index contributed by atoms with van der Waals surface area (Å²) in [5, 5.41) is 9.53. The molecular weight excluding hydrogens is 266 g/mol. The highest BCUT2D eigenvalue weighted by Crippen LogP contribution is 2.33. The molecule has 1 aromatic carbocycles. The summed E-state index contributed by atoms with van der Waals surface area (Å²) in [6, 6.07) is 2.52. The molecule has 0 heterocycles. The monoisotopic (exact) mass is 275 g/mol. The van der Waals surface area contributed by atoms with E-state index in [9.17, 15) is 18.3 Å². The van der Waals surface area contributed by atoms with Gasteiger partial charge in [-0.15, -0.1) is 12.4 Å². The van der Waals surface area contributed by atoms with E-state index in [0.29, 0.717) is 0 Å². The van der Waals surface area contributed by atoms with E-state index in [1.165, 1.54) is 18.2 Å². The molecule has 0 saturated carbocycles. The van der Waals surface area contributed by atoms with Crippen LogP contribution in [0.1, 0.15) is 18.0 Å². The Kier molecular flexibility index (Phi) is 5.38. The summed E-state index contributed by atoms with van der Waals surface area (Å²) in [5.74, 6) is -0.281. The molecule has 0 spiro atoms. The molecule has 16 heavy (non-hydrogen) atoms. The molecule has 0 saturated heterocycles. The Bertz CT molecular complexity index is 357. The van der Waals surface area contributed by atoms with Crippen molar-refractivity contribution in [1.82, 2.24) is 0 Å². The minimum Gasteiger partial charge on any atom is -0.508 e. The molecule has 0 fully saturated rings. The first-order chi connectivity index (χ1) is 6.79. The second-order valence-electron chi connectivity index (χ2n) is 3.13. The number of hydrogen-bond acceptors (Lipinski definition) is 2. The molecule has 2 nitrogen and oxygen atoms in total. The fourth-order valence-corrected chi connectivity index (χ4v) is 1.36. The van der Waals surface area contributed by atoms with E-state index in [4.69, 9.17) is 17.3 Å². The fraction of sp³-hybridized carbons (Fsp3) is 0.333. The maximum atomic E-state index is 12.0. The predicted molar refractivity (Wildman–Crippen MR) is 58.0 cm³/mol. The minimum absolute atomic E-state index is 0. The Hall–Kier alpha value is -0.650. The summed E-state index contributed by atoms with van der Waals surface area (Å²) in [4.78, 5) is 0.